The van der Waals surface area contributed by atoms with Gasteiger partial charge in [0.1, 0.15) is 0 Å². The van der Waals surface area contributed by atoms with Crippen molar-refractivity contribution in [1.82, 2.24) is 15.0 Å². The second-order valence-electron chi connectivity index (χ2n) is 7.06. The van der Waals surface area contributed by atoms with Crippen LogP contribution in [0.5, 0.6) is 0 Å². The molecule has 140 valence electrons. The van der Waals surface area contributed by atoms with Crippen molar-refractivity contribution in [2.45, 2.75) is 38.5 Å². The predicted molar refractivity (Wildman–Crippen MR) is 103 cm³/mol. The first-order valence-electron chi connectivity index (χ1n) is 9.58. The maximum absolute atomic E-state index is 6.11. The van der Waals surface area contributed by atoms with Crippen molar-refractivity contribution in [3.63, 3.8) is 0 Å². The van der Waals surface area contributed by atoms with Crippen LogP contribution in [0.15, 0.2) is 65.2 Å². The molecule has 4 rings (SSSR count). The minimum Gasteiger partial charge on any atom is -0.372 e. The molecule has 0 saturated carbocycles. The van der Waals surface area contributed by atoms with Gasteiger partial charge in [-0.3, -0.25) is 4.90 Å². The first-order valence-corrected chi connectivity index (χ1v) is 9.58. The van der Waals surface area contributed by atoms with E-state index in [4.69, 9.17) is 9.26 Å². The molecule has 3 aromatic rings. The van der Waals surface area contributed by atoms with Crippen LogP contribution in [0.3, 0.4) is 0 Å². The van der Waals surface area contributed by atoms with Crippen LogP contribution in [0.4, 0.5) is 0 Å². The SMILES string of the molecule is c1ccc(COC2CCCN(Cc3nc(Cc4ccccc4)no3)C2)cc1. The van der Waals surface area contributed by atoms with Crippen molar-refractivity contribution in [3.05, 3.63) is 83.5 Å². The summed E-state index contributed by atoms with van der Waals surface area (Å²) < 4.78 is 11.6. The standard InChI is InChI=1S/C22H25N3O2/c1-3-8-18(9-4-1)14-21-23-22(27-24-21)16-25-13-7-12-20(15-25)26-17-19-10-5-2-6-11-19/h1-6,8-11,20H,7,12-17H2. The Bertz CT molecular complexity index is 820. The van der Waals surface area contributed by atoms with Crippen molar-refractivity contribution in [3.8, 4) is 0 Å². The fraction of sp³-hybridized carbons (Fsp3) is 0.364. The van der Waals surface area contributed by atoms with Crippen LogP contribution in [0, 0.1) is 0 Å². The molecule has 0 aliphatic carbocycles. The highest BCUT2D eigenvalue weighted by molar-refractivity contribution is 5.18. The van der Waals surface area contributed by atoms with Crippen LogP contribution < -0.4 is 0 Å². The van der Waals surface area contributed by atoms with Gasteiger partial charge in [-0.1, -0.05) is 65.8 Å². The summed E-state index contributed by atoms with van der Waals surface area (Å²) in [6.07, 6.45) is 3.19. The van der Waals surface area contributed by atoms with Gasteiger partial charge < -0.3 is 9.26 Å². The summed E-state index contributed by atoms with van der Waals surface area (Å²) >= 11 is 0. The van der Waals surface area contributed by atoms with Gasteiger partial charge in [-0.25, -0.2) is 0 Å². The third-order valence-electron chi connectivity index (χ3n) is 4.86. The van der Waals surface area contributed by atoms with Crippen LogP contribution in [0.1, 0.15) is 35.7 Å². The van der Waals surface area contributed by atoms with Gasteiger partial charge in [0.15, 0.2) is 5.82 Å². The lowest BCUT2D eigenvalue weighted by molar-refractivity contribution is -0.0141. The van der Waals surface area contributed by atoms with Crippen molar-refractivity contribution in [2.24, 2.45) is 0 Å². The van der Waals surface area contributed by atoms with Crippen LogP contribution in [-0.2, 0) is 24.3 Å². The number of likely N-dealkylation sites (tertiary alicyclic amines) is 1. The first kappa shape index (κ1) is 17.9. The van der Waals surface area contributed by atoms with Crippen LogP contribution in [0.25, 0.3) is 0 Å². The van der Waals surface area contributed by atoms with Gasteiger partial charge >= 0.3 is 0 Å². The molecular formula is C22H25N3O2. The molecule has 5 nitrogen and oxygen atoms in total. The van der Waals surface area contributed by atoms with Gasteiger partial charge in [-0.15, -0.1) is 0 Å². The summed E-state index contributed by atoms with van der Waals surface area (Å²) in [6.45, 7) is 3.30. The zero-order valence-corrected chi connectivity index (χ0v) is 15.5. The Morgan fingerprint density at radius 3 is 2.52 bits per heavy atom. The number of rotatable bonds is 7. The van der Waals surface area contributed by atoms with E-state index in [2.05, 4.69) is 51.4 Å². The molecule has 2 heterocycles. The number of hydrogen-bond donors (Lipinski definition) is 0. The molecule has 0 amide bonds. The van der Waals surface area contributed by atoms with Crippen LogP contribution >= 0.6 is 0 Å². The Kier molecular flexibility index (Phi) is 5.92. The van der Waals surface area contributed by atoms with E-state index in [-0.39, 0.29) is 6.10 Å². The van der Waals surface area contributed by atoms with E-state index in [1.165, 1.54) is 11.1 Å². The van der Waals surface area contributed by atoms with Gasteiger partial charge in [-0.2, -0.15) is 4.98 Å². The lowest BCUT2D eigenvalue weighted by atomic mass is 10.1. The van der Waals surface area contributed by atoms with Gasteiger partial charge in [0.25, 0.3) is 0 Å². The van der Waals surface area contributed by atoms with E-state index in [0.29, 0.717) is 25.5 Å². The Hall–Kier alpha value is -2.50. The molecule has 1 unspecified atom stereocenters. The average molecular weight is 363 g/mol. The minimum absolute atomic E-state index is 0.255. The lowest BCUT2D eigenvalue weighted by Crippen LogP contribution is -2.39. The highest BCUT2D eigenvalue weighted by atomic mass is 16.5. The molecule has 1 atom stereocenters. The second-order valence-corrected chi connectivity index (χ2v) is 7.06. The Morgan fingerprint density at radius 1 is 1.00 bits per heavy atom. The smallest absolute Gasteiger partial charge is 0.240 e. The van der Waals surface area contributed by atoms with Gasteiger partial charge in [0.05, 0.1) is 19.3 Å². The van der Waals surface area contributed by atoms with Crippen molar-refractivity contribution in [1.29, 1.82) is 0 Å². The molecule has 2 aromatic carbocycles. The fourth-order valence-corrected chi connectivity index (χ4v) is 3.48. The minimum atomic E-state index is 0.255. The molecule has 1 aromatic heterocycles. The van der Waals surface area contributed by atoms with Crippen molar-refractivity contribution < 1.29 is 9.26 Å². The summed E-state index contributed by atoms with van der Waals surface area (Å²) in [4.78, 5) is 6.90. The fourth-order valence-electron chi connectivity index (χ4n) is 3.48. The molecule has 1 aliphatic heterocycles. The van der Waals surface area contributed by atoms with E-state index < -0.39 is 0 Å². The lowest BCUT2D eigenvalue weighted by Gasteiger charge is -2.31. The predicted octanol–water partition coefficient (Wildman–Crippen LogP) is 3.84. The first-order chi connectivity index (χ1) is 13.3. The van der Waals surface area contributed by atoms with E-state index in [0.717, 1.165) is 31.8 Å². The summed E-state index contributed by atoms with van der Waals surface area (Å²) in [5, 5.41) is 4.13. The normalized spacial score (nSPS) is 17.9. The monoisotopic (exact) mass is 363 g/mol. The average Bonchev–Trinajstić information content (AvgIpc) is 3.15. The van der Waals surface area contributed by atoms with Gasteiger partial charge in [0, 0.05) is 13.0 Å². The number of nitrogens with zero attached hydrogens (tertiary/aromatic N) is 3. The third kappa shape index (κ3) is 5.25. The van der Waals surface area contributed by atoms with E-state index in [1.807, 2.05) is 24.3 Å². The van der Waals surface area contributed by atoms with E-state index in [9.17, 15) is 0 Å². The number of benzene rings is 2. The third-order valence-corrected chi connectivity index (χ3v) is 4.86. The highest BCUT2D eigenvalue weighted by Gasteiger charge is 2.22. The topological polar surface area (TPSA) is 51.4 Å². The van der Waals surface area contributed by atoms with E-state index in [1.54, 1.807) is 0 Å². The molecule has 1 fully saturated rings. The zero-order chi connectivity index (χ0) is 18.3. The summed E-state index contributed by atoms with van der Waals surface area (Å²) in [5.41, 5.74) is 2.41. The van der Waals surface area contributed by atoms with E-state index >= 15 is 0 Å². The summed E-state index contributed by atoms with van der Waals surface area (Å²) in [6, 6.07) is 20.6. The Morgan fingerprint density at radius 2 is 1.74 bits per heavy atom. The quantitative estimate of drug-likeness (QED) is 0.638. The molecule has 0 radical (unpaired) electrons. The maximum atomic E-state index is 6.11. The molecular weight excluding hydrogens is 338 g/mol. The molecule has 0 N–H and O–H groups in total. The maximum Gasteiger partial charge on any atom is 0.240 e. The van der Waals surface area contributed by atoms with Gasteiger partial charge in [-0.05, 0) is 30.5 Å². The molecule has 1 aliphatic rings. The highest BCUT2D eigenvalue weighted by Crippen LogP contribution is 2.17. The molecule has 0 bridgehead atoms. The summed E-state index contributed by atoms with van der Waals surface area (Å²) in [5.74, 6) is 1.43. The second kappa shape index (κ2) is 8.93. The van der Waals surface area contributed by atoms with Crippen molar-refractivity contribution in [2.75, 3.05) is 13.1 Å². The van der Waals surface area contributed by atoms with Crippen molar-refractivity contribution >= 4 is 0 Å². The number of hydrogen-bond acceptors (Lipinski definition) is 5. The van der Waals surface area contributed by atoms with Crippen LogP contribution in [0.2, 0.25) is 0 Å². The molecule has 27 heavy (non-hydrogen) atoms. The number of ether oxygens (including phenoxy) is 1. The summed E-state index contributed by atoms with van der Waals surface area (Å²) in [7, 11) is 0. The van der Waals surface area contributed by atoms with Gasteiger partial charge in [0.2, 0.25) is 5.89 Å². The largest absolute Gasteiger partial charge is 0.372 e. The Balaban J connectivity index is 1.28. The van der Waals surface area contributed by atoms with Crippen LogP contribution in [-0.4, -0.2) is 34.2 Å². The zero-order valence-electron chi connectivity index (χ0n) is 15.5. The Labute approximate surface area is 160 Å². The molecule has 5 heteroatoms. The molecule has 1 saturated heterocycles. The number of aromatic nitrogens is 2. The number of piperidine rings is 1. The molecule has 0 spiro atoms.